The molecule has 0 atom stereocenters. The summed E-state index contributed by atoms with van der Waals surface area (Å²) in [6.45, 7) is 6.31. The molecule has 5 nitrogen and oxygen atoms in total. The van der Waals surface area contributed by atoms with Gasteiger partial charge in [0.2, 0.25) is 4.77 Å². The van der Waals surface area contributed by atoms with Crippen LogP contribution < -0.4 is 4.90 Å². The molecular formula is C17H19N5S2. The summed E-state index contributed by atoms with van der Waals surface area (Å²) < 4.78 is 2.13. The van der Waals surface area contributed by atoms with E-state index >= 15 is 0 Å². The summed E-state index contributed by atoms with van der Waals surface area (Å²) >= 11 is 6.88. The van der Waals surface area contributed by atoms with Gasteiger partial charge in [0.05, 0.1) is 11.1 Å². The number of nitrogens with zero attached hydrogens (tertiary/aromatic N) is 4. The molecule has 0 amide bonds. The fourth-order valence-electron chi connectivity index (χ4n) is 2.45. The Bertz CT molecular complexity index is 855. The molecule has 3 rings (SSSR count). The van der Waals surface area contributed by atoms with Crippen molar-refractivity contribution >= 4 is 35.5 Å². The summed E-state index contributed by atoms with van der Waals surface area (Å²) in [5.74, 6) is 0.728. The first-order valence-corrected chi connectivity index (χ1v) is 9.12. The lowest BCUT2D eigenvalue weighted by Gasteiger charge is -2.20. The van der Waals surface area contributed by atoms with Gasteiger partial charge in [-0.05, 0) is 55.2 Å². The fourth-order valence-corrected chi connectivity index (χ4v) is 3.33. The number of rotatable bonds is 6. The number of aromatic amines is 1. The van der Waals surface area contributed by atoms with Crippen molar-refractivity contribution in [2.45, 2.75) is 13.8 Å². The van der Waals surface area contributed by atoms with Gasteiger partial charge in [0, 0.05) is 18.8 Å². The molecule has 2 aromatic heterocycles. The molecule has 0 aliphatic heterocycles. The molecule has 0 aliphatic rings. The number of aromatic nitrogens is 3. The van der Waals surface area contributed by atoms with Gasteiger partial charge in [-0.25, -0.2) is 5.10 Å². The Hall–Kier alpha value is -2.25. The fraction of sp³-hybridized carbons (Fsp3) is 0.235. The number of nitrogens with one attached hydrogen (secondary N) is 1. The van der Waals surface area contributed by atoms with E-state index in [1.807, 2.05) is 17.5 Å². The highest BCUT2D eigenvalue weighted by molar-refractivity contribution is 7.71. The normalized spacial score (nSPS) is 11.2. The van der Waals surface area contributed by atoms with Gasteiger partial charge in [-0.2, -0.15) is 14.9 Å². The van der Waals surface area contributed by atoms with Crippen molar-refractivity contribution in [3.8, 4) is 10.7 Å². The molecule has 0 fully saturated rings. The number of hydrogen-bond donors (Lipinski definition) is 1. The van der Waals surface area contributed by atoms with Gasteiger partial charge in [-0.3, -0.25) is 0 Å². The van der Waals surface area contributed by atoms with Crippen molar-refractivity contribution in [2.24, 2.45) is 5.10 Å². The zero-order valence-electron chi connectivity index (χ0n) is 13.6. The molecule has 2 heterocycles. The van der Waals surface area contributed by atoms with Crippen LogP contribution in [0.5, 0.6) is 0 Å². The average Bonchev–Trinajstić information content (AvgIpc) is 3.25. The molecule has 0 aliphatic carbocycles. The topological polar surface area (TPSA) is 49.2 Å². The minimum atomic E-state index is 0.481. The van der Waals surface area contributed by atoms with Gasteiger partial charge in [-0.15, -0.1) is 11.3 Å². The van der Waals surface area contributed by atoms with Crippen molar-refractivity contribution in [3.05, 3.63) is 52.1 Å². The summed E-state index contributed by atoms with van der Waals surface area (Å²) in [5, 5.41) is 13.6. The molecule has 0 bridgehead atoms. The van der Waals surface area contributed by atoms with Gasteiger partial charge in [-0.1, -0.05) is 18.2 Å². The predicted molar refractivity (Wildman–Crippen MR) is 104 cm³/mol. The maximum absolute atomic E-state index is 5.28. The Kier molecular flexibility index (Phi) is 5.22. The number of thiophene rings is 1. The third-order valence-corrected chi connectivity index (χ3v) is 4.87. The van der Waals surface area contributed by atoms with Gasteiger partial charge in [0.15, 0.2) is 5.82 Å². The second kappa shape index (κ2) is 7.55. The molecule has 0 radical (unpaired) electrons. The average molecular weight is 358 g/mol. The van der Waals surface area contributed by atoms with Crippen LogP contribution in [0.15, 0.2) is 46.9 Å². The smallest absolute Gasteiger partial charge is 0.216 e. The molecule has 1 N–H and O–H groups in total. The monoisotopic (exact) mass is 357 g/mol. The van der Waals surface area contributed by atoms with Crippen LogP contribution in [0, 0.1) is 4.77 Å². The Morgan fingerprint density at radius 1 is 1.25 bits per heavy atom. The summed E-state index contributed by atoms with van der Waals surface area (Å²) in [6.07, 6.45) is 1.80. The van der Waals surface area contributed by atoms with E-state index in [0.717, 1.165) is 29.4 Å². The van der Waals surface area contributed by atoms with Crippen molar-refractivity contribution < 1.29 is 0 Å². The third-order valence-electron chi connectivity index (χ3n) is 3.74. The second-order valence-corrected chi connectivity index (χ2v) is 6.48. The van der Waals surface area contributed by atoms with Crippen molar-refractivity contribution in [2.75, 3.05) is 18.0 Å². The molecule has 124 valence electrons. The summed E-state index contributed by atoms with van der Waals surface area (Å²) in [5.41, 5.74) is 2.24. The summed E-state index contributed by atoms with van der Waals surface area (Å²) in [4.78, 5) is 3.33. The highest BCUT2D eigenvalue weighted by atomic mass is 32.1. The van der Waals surface area contributed by atoms with E-state index < -0.39 is 0 Å². The first kappa shape index (κ1) is 16.6. The van der Waals surface area contributed by atoms with Crippen LogP contribution in [0.25, 0.3) is 10.7 Å². The minimum Gasteiger partial charge on any atom is -0.372 e. The van der Waals surface area contributed by atoms with Crippen molar-refractivity contribution in [1.29, 1.82) is 0 Å². The van der Waals surface area contributed by atoms with Gasteiger partial charge >= 0.3 is 0 Å². The molecule has 3 aromatic rings. The van der Waals surface area contributed by atoms with Crippen LogP contribution in [0.2, 0.25) is 0 Å². The Morgan fingerprint density at radius 3 is 2.62 bits per heavy atom. The largest absolute Gasteiger partial charge is 0.372 e. The molecule has 0 unspecified atom stereocenters. The van der Waals surface area contributed by atoms with E-state index in [9.17, 15) is 0 Å². The number of hydrogen-bond acceptors (Lipinski definition) is 5. The van der Waals surface area contributed by atoms with E-state index in [0.29, 0.717) is 4.77 Å². The first-order chi connectivity index (χ1) is 11.7. The van der Waals surface area contributed by atoms with Gasteiger partial charge < -0.3 is 4.90 Å². The Labute approximate surface area is 150 Å². The van der Waals surface area contributed by atoms with E-state index in [-0.39, 0.29) is 0 Å². The molecule has 7 heteroatoms. The summed E-state index contributed by atoms with van der Waals surface area (Å²) in [7, 11) is 0. The minimum absolute atomic E-state index is 0.481. The molecule has 0 saturated carbocycles. The highest BCUT2D eigenvalue weighted by Crippen LogP contribution is 2.22. The second-order valence-electron chi connectivity index (χ2n) is 5.15. The maximum Gasteiger partial charge on any atom is 0.216 e. The van der Waals surface area contributed by atoms with Crippen LogP contribution >= 0.6 is 23.6 Å². The summed E-state index contributed by atoms with van der Waals surface area (Å²) in [6, 6.07) is 12.3. The van der Waals surface area contributed by atoms with Gasteiger partial charge in [0.1, 0.15) is 0 Å². The molecule has 0 spiro atoms. The Morgan fingerprint density at radius 2 is 2.00 bits per heavy atom. The third kappa shape index (κ3) is 3.47. The molecular weight excluding hydrogens is 338 g/mol. The van der Waals surface area contributed by atoms with E-state index in [1.165, 1.54) is 5.69 Å². The maximum atomic E-state index is 5.28. The van der Waals surface area contributed by atoms with Crippen molar-refractivity contribution in [3.63, 3.8) is 0 Å². The van der Waals surface area contributed by atoms with Crippen LogP contribution in [0.3, 0.4) is 0 Å². The van der Waals surface area contributed by atoms with Crippen LogP contribution in [0.4, 0.5) is 5.69 Å². The SMILES string of the molecule is CCN(CC)c1ccc(/C=N/n2c(-c3cccs3)n[nH]c2=S)cc1. The quantitative estimate of drug-likeness (QED) is 0.525. The van der Waals surface area contributed by atoms with E-state index in [2.05, 4.69) is 58.3 Å². The molecule has 0 saturated heterocycles. The number of benzene rings is 1. The van der Waals surface area contributed by atoms with Crippen LogP contribution in [-0.4, -0.2) is 34.2 Å². The molecule has 24 heavy (non-hydrogen) atoms. The lowest BCUT2D eigenvalue weighted by molar-refractivity contribution is 0.866. The van der Waals surface area contributed by atoms with E-state index in [1.54, 1.807) is 22.2 Å². The van der Waals surface area contributed by atoms with Crippen LogP contribution in [-0.2, 0) is 0 Å². The van der Waals surface area contributed by atoms with Crippen LogP contribution in [0.1, 0.15) is 19.4 Å². The zero-order chi connectivity index (χ0) is 16.9. The predicted octanol–water partition coefficient (Wildman–Crippen LogP) is 4.40. The first-order valence-electron chi connectivity index (χ1n) is 7.83. The van der Waals surface area contributed by atoms with Gasteiger partial charge in [0.25, 0.3) is 0 Å². The standard InChI is InChI=1S/C17H19N5S2/c1-3-21(4-2)14-9-7-13(8-10-14)12-18-22-16(19-20-17(22)23)15-6-5-11-24-15/h5-12H,3-4H2,1-2H3,(H,20,23)/b18-12+. The lowest BCUT2D eigenvalue weighted by Crippen LogP contribution is -2.21. The Balaban J connectivity index is 1.84. The molecule has 1 aromatic carbocycles. The zero-order valence-corrected chi connectivity index (χ0v) is 15.3. The van der Waals surface area contributed by atoms with E-state index in [4.69, 9.17) is 12.2 Å². The number of H-pyrrole nitrogens is 1. The van der Waals surface area contributed by atoms with Crippen molar-refractivity contribution in [1.82, 2.24) is 14.9 Å². The lowest BCUT2D eigenvalue weighted by atomic mass is 10.2. The highest BCUT2D eigenvalue weighted by Gasteiger charge is 2.08. The number of anilines is 1.